The van der Waals surface area contributed by atoms with Gasteiger partial charge in [0.05, 0.1) is 38.7 Å². The zero-order valence-electron chi connectivity index (χ0n) is 25.4. The van der Waals surface area contributed by atoms with Crippen molar-refractivity contribution in [1.29, 1.82) is 0 Å². The Morgan fingerprint density at radius 1 is 1.04 bits per heavy atom. The van der Waals surface area contributed by atoms with Crippen LogP contribution in [-0.4, -0.2) is 51.6 Å². The zero-order chi connectivity index (χ0) is 33.2. The maximum Gasteiger partial charge on any atom is 0.338 e. The second-order valence-electron chi connectivity index (χ2n) is 9.69. The molecule has 0 fully saturated rings. The van der Waals surface area contributed by atoms with Crippen molar-refractivity contribution >= 4 is 40.1 Å². The van der Waals surface area contributed by atoms with Crippen LogP contribution in [0.1, 0.15) is 36.6 Å². The Morgan fingerprint density at radius 3 is 2.52 bits per heavy atom. The van der Waals surface area contributed by atoms with E-state index in [0.29, 0.717) is 38.4 Å². The summed E-state index contributed by atoms with van der Waals surface area (Å²) >= 11 is 3.41. The molecule has 1 heterocycles. The number of hydrazone groups is 1. The van der Waals surface area contributed by atoms with Gasteiger partial charge in [0.25, 0.3) is 5.91 Å². The number of carbonyl (C=O) groups excluding carboxylic acids is 3. The number of hydrogen-bond donors (Lipinski definition) is 3. The third kappa shape index (κ3) is 8.33. The minimum atomic E-state index is -0.800. The lowest BCUT2D eigenvalue weighted by Crippen LogP contribution is -2.45. The van der Waals surface area contributed by atoms with E-state index in [-0.39, 0.29) is 30.3 Å². The number of esters is 1. The molecule has 0 spiro atoms. The zero-order valence-corrected chi connectivity index (χ0v) is 27.0. The van der Waals surface area contributed by atoms with E-state index in [1.54, 1.807) is 62.4 Å². The molecule has 3 amide bonds. The van der Waals surface area contributed by atoms with Gasteiger partial charge in [0.1, 0.15) is 12.4 Å². The average Bonchev–Trinajstić information content (AvgIpc) is 3.03. The molecule has 1 aliphatic heterocycles. The molecule has 0 bridgehead atoms. The first kappa shape index (κ1) is 33.8. The Morgan fingerprint density at radius 2 is 1.80 bits per heavy atom. The van der Waals surface area contributed by atoms with Crippen molar-refractivity contribution in [3.8, 4) is 23.0 Å². The number of urea groups is 1. The van der Waals surface area contributed by atoms with Crippen LogP contribution in [0.5, 0.6) is 23.0 Å². The summed E-state index contributed by atoms with van der Waals surface area (Å²) in [4.78, 5) is 37.4. The average molecular weight is 700 g/mol. The number of nitrogens with zero attached hydrogens (tertiary/aromatic N) is 1. The molecule has 0 unspecified atom stereocenters. The molecule has 12 nitrogen and oxygen atoms in total. The minimum absolute atomic E-state index is 0.0592. The van der Waals surface area contributed by atoms with Crippen molar-refractivity contribution < 1.29 is 42.5 Å². The molecule has 0 radical (unpaired) electrons. The smallest absolute Gasteiger partial charge is 0.338 e. The number of benzene rings is 3. The lowest BCUT2D eigenvalue weighted by atomic mass is 9.95. The van der Waals surface area contributed by atoms with Crippen LogP contribution < -0.4 is 35.0 Å². The van der Waals surface area contributed by atoms with Crippen molar-refractivity contribution in [3.05, 3.63) is 92.8 Å². The molecule has 0 aliphatic carbocycles. The molecular formula is C32H32BrFN4O8. The van der Waals surface area contributed by atoms with Crippen molar-refractivity contribution in [2.75, 3.05) is 27.4 Å². The highest BCUT2D eigenvalue weighted by atomic mass is 79.9. The van der Waals surface area contributed by atoms with Crippen LogP contribution in [0.15, 0.2) is 75.4 Å². The maximum atomic E-state index is 14.1. The first-order valence-corrected chi connectivity index (χ1v) is 14.8. The predicted molar refractivity (Wildman–Crippen MR) is 169 cm³/mol. The third-order valence-electron chi connectivity index (χ3n) is 6.64. The molecule has 46 heavy (non-hydrogen) atoms. The van der Waals surface area contributed by atoms with Gasteiger partial charge in [0, 0.05) is 21.3 Å². The number of methoxy groups -OCH3 is 2. The fourth-order valence-corrected chi connectivity index (χ4v) is 4.97. The lowest BCUT2D eigenvalue weighted by Gasteiger charge is -2.28. The summed E-state index contributed by atoms with van der Waals surface area (Å²) in [5.74, 6) is -0.370. The molecule has 3 N–H and O–H groups in total. The van der Waals surface area contributed by atoms with Crippen molar-refractivity contribution in [2.45, 2.75) is 26.5 Å². The predicted octanol–water partition coefficient (Wildman–Crippen LogP) is 4.90. The molecule has 14 heteroatoms. The molecule has 0 aromatic heterocycles. The van der Waals surface area contributed by atoms with Gasteiger partial charge in [-0.15, -0.1) is 0 Å². The molecule has 3 aromatic carbocycles. The van der Waals surface area contributed by atoms with E-state index in [1.165, 1.54) is 26.5 Å². The molecule has 0 saturated carbocycles. The van der Waals surface area contributed by atoms with E-state index in [2.05, 4.69) is 37.1 Å². The number of carbonyl (C=O) groups is 3. The van der Waals surface area contributed by atoms with E-state index in [9.17, 15) is 18.8 Å². The summed E-state index contributed by atoms with van der Waals surface area (Å²) < 4.78 is 42.4. The number of hydrogen-bond acceptors (Lipinski definition) is 9. The summed E-state index contributed by atoms with van der Waals surface area (Å²) in [6, 6.07) is 13.2. The Hall–Kier alpha value is -5.11. The van der Waals surface area contributed by atoms with E-state index in [4.69, 9.17) is 23.7 Å². The van der Waals surface area contributed by atoms with Crippen LogP contribution in [-0.2, 0) is 20.9 Å². The number of nitrogens with one attached hydrogen (secondary N) is 3. The first-order valence-electron chi connectivity index (χ1n) is 14.0. The van der Waals surface area contributed by atoms with Crippen LogP contribution in [0.4, 0.5) is 9.18 Å². The number of ether oxygens (including phenoxy) is 5. The SMILES string of the molecule is CCOC(=O)C1=C(C)NC(=O)N[C@H]1c1ccc(OCC(=O)N/N=C/c2cc(Br)cc(OC)c2OCc2ccccc2F)c(OC)c1. The van der Waals surface area contributed by atoms with Crippen molar-refractivity contribution in [1.82, 2.24) is 16.1 Å². The van der Waals surface area contributed by atoms with Gasteiger partial charge in [-0.1, -0.05) is 40.2 Å². The van der Waals surface area contributed by atoms with Gasteiger partial charge >= 0.3 is 12.0 Å². The summed E-state index contributed by atoms with van der Waals surface area (Å²) in [5.41, 5.74) is 4.36. The van der Waals surface area contributed by atoms with Gasteiger partial charge in [0.15, 0.2) is 29.6 Å². The standard InChI is InChI=1S/C32H32BrFN4O8/c1-5-44-31(40)28-18(2)36-32(41)37-29(28)19-10-11-24(25(13-19)42-3)45-17-27(39)38-35-15-21-12-22(33)14-26(43-4)30(21)46-16-20-8-6-7-9-23(20)34/h6-15,29H,5,16-17H2,1-4H3,(H,38,39)(H2,36,37,41)/b35-15+/t29-/m0/s1. The van der Waals surface area contributed by atoms with Crippen LogP contribution in [0.25, 0.3) is 0 Å². The summed E-state index contributed by atoms with van der Waals surface area (Å²) in [6.07, 6.45) is 1.36. The molecule has 242 valence electrons. The van der Waals surface area contributed by atoms with Crippen LogP contribution in [0.2, 0.25) is 0 Å². The van der Waals surface area contributed by atoms with Gasteiger partial charge < -0.3 is 34.3 Å². The van der Waals surface area contributed by atoms with Gasteiger partial charge in [-0.05, 0) is 49.7 Å². The second-order valence-corrected chi connectivity index (χ2v) is 10.6. The van der Waals surface area contributed by atoms with E-state index in [1.807, 2.05) is 0 Å². The minimum Gasteiger partial charge on any atom is -0.493 e. The molecule has 3 aromatic rings. The Kier molecular flexibility index (Phi) is 11.6. The largest absolute Gasteiger partial charge is 0.493 e. The number of allylic oxidation sites excluding steroid dienone is 1. The Labute approximate surface area is 273 Å². The van der Waals surface area contributed by atoms with Crippen LogP contribution in [0.3, 0.4) is 0 Å². The fraction of sp³-hybridized carbons (Fsp3) is 0.250. The molecule has 1 atom stereocenters. The molecular weight excluding hydrogens is 667 g/mol. The van der Waals surface area contributed by atoms with Gasteiger partial charge in [-0.25, -0.2) is 19.4 Å². The second kappa shape index (κ2) is 15.8. The summed E-state index contributed by atoms with van der Waals surface area (Å²) in [6.45, 7) is 2.99. The number of amides is 3. The topological polar surface area (TPSA) is 146 Å². The Balaban J connectivity index is 1.43. The molecule has 1 aliphatic rings. The van der Waals surface area contributed by atoms with Gasteiger partial charge in [-0.3, -0.25) is 4.79 Å². The maximum absolute atomic E-state index is 14.1. The summed E-state index contributed by atoms with van der Waals surface area (Å²) in [5, 5.41) is 9.32. The highest BCUT2D eigenvalue weighted by Gasteiger charge is 2.32. The number of halogens is 2. The van der Waals surface area contributed by atoms with Crippen molar-refractivity contribution in [3.63, 3.8) is 0 Å². The van der Waals surface area contributed by atoms with Crippen LogP contribution >= 0.6 is 15.9 Å². The quantitative estimate of drug-likeness (QED) is 0.130. The monoisotopic (exact) mass is 698 g/mol. The van der Waals surface area contributed by atoms with Crippen molar-refractivity contribution in [2.24, 2.45) is 5.10 Å². The Bertz CT molecular complexity index is 1680. The third-order valence-corrected chi connectivity index (χ3v) is 7.09. The normalized spacial score (nSPS) is 14.3. The highest BCUT2D eigenvalue weighted by molar-refractivity contribution is 9.10. The summed E-state index contributed by atoms with van der Waals surface area (Å²) in [7, 11) is 2.89. The van der Waals surface area contributed by atoms with Crippen LogP contribution in [0, 0.1) is 5.82 Å². The lowest BCUT2D eigenvalue weighted by molar-refractivity contribution is -0.139. The highest BCUT2D eigenvalue weighted by Crippen LogP contribution is 2.36. The van der Waals surface area contributed by atoms with Gasteiger partial charge in [0.2, 0.25) is 0 Å². The van der Waals surface area contributed by atoms with E-state index >= 15 is 0 Å². The van der Waals surface area contributed by atoms with E-state index < -0.39 is 36.4 Å². The molecule has 4 rings (SSSR count). The van der Waals surface area contributed by atoms with E-state index in [0.717, 1.165) is 0 Å². The number of rotatable bonds is 13. The first-order chi connectivity index (χ1) is 22.1. The fourth-order valence-electron chi connectivity index (χ4n) is 4.51. The molecule has 0 saturated heterocycles. The van der Waals surface area contributed by atoms with Gasteiger partial charge in [-0.2, -0.15) is 5.10 Å².